The minimum Gasteiger partial charge on any atom is -0.388 e. The average Bonchev–Trinajstić information content (AvgIpc) is 2.44. The van der Waals surface area contributed by atoms with Crippen LogP contribution in [0.1, 0.15) is 36.7 Å². The lowest BCUT2D eigenvalue weighted by Gasteiger charge is -2.31. The molecule has 0 radical (unpaired) electrons. The van der Waals surface area contributed by atoms with Crippen LogP contribution in [-0.4, -0.2) is 24.0 Å². The van der Waals surface area contributed by atoms with E-state index in [2.05, 4.69) is 22.5 Å². The summed E-state index contributed by atoms with van der Waals surface area (Å²) in [5.41, 5.74) is 2.25. The molecule has 21 heavy (non-hydrogen) atoms. The van der Waals surface area contributed by atoms with Gasteiger partial charge in [0.15, 0.2) is 0 Å². The van der Waals surface area contributed by atoms with Gasteiger partial charge in [-0.15, -0.1) is 0 Å². The van der Waals surface area contributed by atoms with Crippen molar-refractivity contribution in [3.05, 3.63) is 36.0 Å². The van der Waals surface area contributed by atoms with E-state index < -0.39 is 0 Å². The van der Waals surface area contributed by atoms with Crippen LogP contribution in [0.2, 0.25) is 0 Å². The van der Waals surface area contributed by atoms with Gasteiger partial charge >= 0.3 is 0 Å². The van der Waals surface area contributed by atoms with Crippen LogP contribution in [-0.2, 0) is 0 Å². The van der Waals surface area contributed by atoms with Gasteiger partial charge in [-0.05, 0) is 37.8 Å². The number of carbonyl (C=O) groups is 1. The van der Waals surface area contributed by atoms with Crippen LogP contribution in [0.3, 0.4) is 0 Å². The molecule has 1 saturated carbocycles. The van der Waals surface area contributed by atoms with Crippen molar-refractivity contribution in [1.29, 1.82) is 0 Å². The van der Waals surface area contributed by atoms with Gasteiger partial charge in [0.05, 0.1) is 5.52 Å². The second-order valence-corrected chi connectivity index (χ2v) is 5.78. The maximum Gasteiger partial charge on any atom is 0.270 e. The third-order valence-corrected chi connectivity index (χ3v) is 4.43. The zero-order valence-corrected chi connectivity index (χ0v) is 12.5. The normalized spacial score (nSPS) is 16.3. The number of amides is 1. The van der Waals surface area contributed by atoms with Crippen molar-refractivity contribution in [3.63, 3.8) is 0 Å². The minimum atomic E-state index is -0.0864. The van der Waals surface area contributed by atoms with Gasteiger partial charge in [-0.3, -0.25) is 4.79 Å². The van der Waals surface area contributed by atoms with E-state index in [1.54, 1.807) is 0 Å². The van der Waals surface area contributed by atoms with Crippen molar-refractivity contribution in [2.24, 2.45) is 5.92 Å². The molecule has 1 amide bonds. The van der Waals surface area contributed by atoms with Gasteiger partial charge in [0.25, 0.3) is 5.91 Å². The summed E-state index contributed by atoms with van der Waals surface area (Å²) in [5.74, 6) is 0.537. The average molecular weight is 283 g/mol. The molecule has 2 N–H and O–H groups in total. The Kier molecular flexibility index (Phi) is 3.78. The first-order valence-electron chi connectivity index (χ1n) is 7.57. The van der Waals surface area contributed by atoms with Crippen LogP contribution in [0.4, 0.5) is 5.69 Å². The first-order valence-corrected chi connectivity index (χ1v) is 7.57. The molecule has 1 aromatic heterocycles. The number of nitrogens with zero attached hydrogens (tertiary/aromatic N) is 1. The molecular weight excluding hydrogens is 262 g/mol. The molecule has 4 nitrogen and oxygen atoms in total. The van der Waals surface area contributed by atoms with E-state index in [9.17, 15) is 4.79 Å². The molecule has 0 bridgehead atoms. The second-order valence-electron chi connectivity index (χ2n) is 5.78. The van der Waals surface area contributed by atoms with Crippen molar-refractivity contribution >= 4 is 22.5 Å². The highest BCUT2D eigenvalue weighted by Crippen LogP contribution is 2.29. The first kappa shape index (κ1) is 13.9. The van der Waals surface area contributed by atoms with Crippen molar-refractivity contribution in [1.82, 2.24) is 10.3 Å². The van der Waals surface area contributed by atoms with E-state index in [4.69, 9.17) is 0 Å². The van der Waals surface area contributed by atoms with Crippen molar-refractivity contribution in [3.8, 4) is 0 Å². The highest BCUT2D eigenvalue weighted by atomic mass is 16.1. The number of hydrogen-bond acceptors (Lipinski definition) is 3. The molecule has 1 aliphatic carbocycles. The lowest BCUT2D eigenvalue weighted by molar-refractivity contribution is 0.0904. The van der Waals surface area contributed by atoms with E-state index in [-0.39, 0.29) is 11.9 Å². The molecule has 1 heterocycles. The summed E-state index contributed by atoms with van der Waals surface area (Å²) in [6.07, 6.45) is 3.71. The topological polar surface area (TPSA) is 54.0 Å². The third kappa shape index (κ3) is 2.71. The smallest absolute Gasteiger partial charge is 0.270 e. The van der Waals surface area contributed by atoms with E-state index in [1.807, 2.05) is 37.4 Å². The van der Waals surface area contributed by atoms with Gasteiger partial charge in [-0.25, -0.2) is 4.98 Å². The number of nitrogens with one attached hydrogen (secondary N) is 2. The Balaban J connectivity index is 1.87. The van der Waals surface area contributed by atoms with Crippen LogP contribution in [0.5, 0.6) is 0 Å². The number of carbonyl (C=O) groups excluding carboxylic acids is 1. The number of fused-ring (bicyclic) bond motifs is 1. The van der Waals surface area contributed by atoms with Gasteiger partial charge in [0.2, 0.25) is 0 Å². The van der Waals surface area contributed by atoms with E-state index in [0.29, 0.717) is 11.6 Å². The fourth-order valence-corrected chi connectivity index (χ4v) is 2.84. The van der Waals surface area contributed by atoms with E-state index in [0.717, 1.165) is 16.6 Å². The molecule has 3 rings (SSSR count). The summed E-state index contributed by atoms with van der Waals surface area (Å²) in [6.45, 7) is 2.09. The number of aromatic nitrogens is 1. The molecule has 0 aliphatic heterocycles. The SMILES string of the molecule is CNc1cc(C(=O)NC(C)C2CCC2)nc2ccccc12. The Morgan fingerprint density at radius 2 is 2.10 bits per heavy atom. The van der Waals surface area contributed by atoms with E-state index in [1.165, 1.54) is 19.3 Å². The second kappa shape index (κ2) is 5.72. The van der Waals surface area contributed by atoms with Crippen LogP contribution >= 0.6 is 0 Å². The van der Waals surface area contributed by atoms with Crippen molar-refractivity contribution < 1.29 is 4.79 Å². The Labute approximate surface area is 125 Å². The highest BCUT2D eigenvalue weighted by Gasteiger charge is 2.25. The number of rotatable bonds is 4. The number of hydrogen-bond donors (Lipinski definition) is 2. The standard InChI is InChI=1S/C17H21N3O/c1-11(12-6-5-7-12)19-17(21)16-10-15(18-2)13-8-3-4-9-14(13)20-16/h3-4,8-12H,5-7H2,1-2H3,(H,18,20)(H,19,21). The molecule has 1 fully saturated rings. The van der Waals surface area contributed by atoms with Gasteiger partial charge < -0.3 is 10.6 Å². The summed E-state index contributed by atoms with van der Waals surface area (Å²) >= 11 is 0. The van der Waals surface area contributed by atoms with Gasteiger partial charge in [-0.1, -0.05) is 24.6 Å². The van der Waals surface area contributed by atoms with Gasteiger partial charge in [0.1, 0.15) is 5.69 Å². The largest absolute Gasteiger partial charge is 0.388 e. The third-order valence-electron chi connectivity index (χ3n) is 4.43. The summed E-state index contributed by atoms with van der Waals surface area (Å²) in [6, 6.07) is 9.90. The van der Waals surface area contributed by atoms with Crippen LogP contribution in [0.25, 0.3) is 10.9 Å². The Bertz CT molecular complexity index is 664. The molecule has 1 unspecified atom stereocenters. The predicted octanol–water partition coefficient (Wildman–Crippen LogP) is 3.19. The summed E-state index contributed by atoms with van der Waals surface area (Å²) in [5, 5.41) is 7.26. The minimum absolute atomic E-state index is 0.0864. The molecule has 0 saturated heterocycles. The van der Waals surface area contributed by atoms with Crippen LogP contribution in [0, 0.1) is 5.92 Å². The quantitative estimate of drug-likeness (QED) is 0.906. The van der Waals surface area contributed by atoms with Gasteiger partial charge in [0, 0.05) is 24.2 Å². The Hall–Kier alpha value is -2.10. The monoisotopic (exact) mass is 283 g/mol. The predicted molar refractivity (Wildman–Crippen MR) is 85.6 cm³/mol. The summed E-state index contributed by atoms with van der Waals surface area (Å²) in [4.78, 5) is 16.9. The molecule has 4 heteroatoms. The van der Waals surface area contributed by atoms with Gasteiger partial charge in [-0.2, -0.15) is 0 Å². The van der Waals surface area contributed by atoms with E-state index >= 15 is 0 Å². The molecular formula is C17H21N3O. The van der Waals surface area contributed by atoms with Crippen LogP contribution < -0.4 is 10.6 Å². The highest BCUT2D eigenvalue weighted by molar-refractivity contribution is 5.99. The first-order chi connectivity index (χ1) is 10.2. The molecule has 1 atom stereocenters. The fourth-order valence-electron chi connectivity index (χ4n) is 2.84. The fraction of sp³-hybridized carbons (Fsp3) is 0.412. The maximum atomic E-state index is 12.4. The van der Waals surface area contributed by atoms with Crippen molar-refractivity contribution in [2.75, 3.05) is 12.4 Å². The number of para-hydroxylation sites is 1. The Morgan fingerprint density at radius 3 is 2.76 bits per heavy atom. The lowest BCUT2D eigenvalue weighted by Crippen LogP contribution is -2.41. The number of pyridine rings is 1. The maximum absolute atomic E-state index is 12.4. The summed E-state index contributed by atoms with van der Waals surface area (Å²) in [7, 11) is 1.86. The zero-order chi connectivity index (χ0) is 14.8. The summed E-state index contributed by atoms with van der Waals surface area (Å²) < 4.78 is 0. The molecule has 1 aliphatic rings. The van der Waals surface area contributed by atoms with Crippen LogP contribution in [0.15, 0.2) is 30.3 Å². The number of benzene rings is 1. The lowest BCUT2D eigenvalue weighted by atomic mass is 9.80. The Morgan fingerprint density at radius 1 is 1.33 bits per heavy atom. The zero-order valence-electron chi connectivity index (χ0n) is 12.5. The molecule has 0 spiro atoms. The number of anilines is 1. The van der Waals surface area contributed by atoms with Crippen molar-refractivity contribution in [2.45, 2.75) is 32.2 Å². The molecule has 1 aromatic carbocycles. The molecule has 110 valence electrons. The molecule has 2 aromatic rings.